The van der Waals surface area contributed by atoms with Gasteiger partial charge in [0, 0.05) is 26.2 Å². The van der Waals surface area contributed by atoms with Crippen molar-refractivity contribution in [3.05, 3.63) is 0 Å². The number of nitrogens with zero attached hydrogens (tertiary/aromatic N) is 4. The zero-order chi connectivity index (χ0) is 30.9. The molecule has 232 valence electrons. The summed E-state index contributed by atoms with van der Waals surface area (Å²) in [6.07, 6.45) is -1.89. The number of esters is 4. The van der Waals surface area contributed by atoms with E-state index in [2.05, 4.69) is 0 Å². The van der Waals surface area contributed by atoms with Crippen molar-refractivity contribution in [3.63, 3.8) is 0 Å². The number of carbonyl (C=O) groups is 4. The largest absolute Gasteiger partial charge is 0.460 e. The monoisotopic (exact) mass is 572 g/mol. The van der Waals surface area contributed by atoms with Gasteiger partial charge in [-0.2, -0.15) is 0 Å². The van der Waals surface area contributed by atoms with Gasteiger partial charge in [0.05, 0.1) is 0 Å². The first-order valence-electron chi connectivity index (χ1n) is 14.1. The molecule has 40 heavy (non-hydrogen) atoms. The topological polar surface area (TPSA) is 118 Å². The van der Waals surface area contributed by atoms with Crippen LogP contribution in [0.5, 0.6) is 0 Å². The van der Waals surface area contributed by atoms with E-state index in [1.54, 1.807) is 103 Å². The van der Waals surface area contributed by atoms with Gasteiger partial charge in [-0.3, -0.25) is 38.8 Å². The highest BCUT2D eigenvalue weighted by Crippen LogP contribution is 2.11. The van der Waals surface area contributed by atoms with Crippen LogP contribution in [0.2, 0.25) is 0 Å². The number of carbonyl (C=O) groups excluding carboxylic acids is 4. The minimum atomic E-state index is -0.572. The summed E-state index contributed by atoms with van der Waals surface area (Å²) in [6.45, 7) is 15.3. The minimum absolute atomic E-state index is 0.327. The van der Waals surface area contributed by atoms with Gasteiger partial charge in [0.15, 0.2) is 0 Å². The molecule has 12 heteroatoms. The van der Waals surface area contributed by atoms with E-state index in [9.17, 15) is 19.2 Å². The summed E-state index contributed by atoms with van der Waals surface area (Å²) < 4.78 is 22.6. The molecule has 0 N–H and O–H groups in total. The van der Waals surface area contributed by atoms with Crippen molar-refractivity contribution in [2.24, 2.45) is 0 Å². The molecule has 0 aromatic heterocycles. The molecule has 1 saturated heterocycles. The van der Waals surface area contributed by atoms with Crippen LogP contribution in [0.25, 0.3) is 0 Å². The van der Waals surface area contributed by atoms with Gasteiger partial charge in [-0.15, -0.1) is 0 Å². The number of hydrogen-bond donors (Lipinski definition) is 0. The van der Waals surface area contributed by atoms with E-state index in [1.165, 1.54) is 0 Å². The summed E-state index contributed by atoms with van der Waals surface area (Å²) in [5.41, 5.74) is 0. The van der Waals surface area contributed by atoms with Gasteiger partial charge in [0.1, 0.15) is 48.6 Å². The first kappa shape index (κ1) is 35.7. The van der Waals surface area contributed by atoms with Crippen molar-refractivity contribution in [3.8, 4) is 0 Å². The van der Waals surface area contributed by atoms with E-state index >= 15 is 0 Å². The molecule has 1 aliphatic heterocycles. The maximum atomic E-state index is 12.8. The first-order chi connectivity index (χ1) is 18.4. The van der Waals surface area contributed by atoms with Crippen LogP contribution in [-0.2, 0) is 38.1 Å². The molecule has 0 spiro atoms. The lowest BCUT2D eigenvalue weighted by atomic mass is 10.2. The second-order valence-corrected chi connectivity index (χ2v) is 11.5. The minimum Gasteiger partial charge on any atom is -0.460 e. The molecule has 1 rings (SSSR count). The van der Waals surface area contributed by atoms with Gasteiger partial charge in [-0.05, 0) is 83.6 Å². The van der Waals surface area contributed by atoms with E-state index < -0.39 is 72.5 Å². The fourth-order valence-electron chi connectivity index (χ4n) is 4.31. The molecule has 1 aliphatic rings. The van der Waals surface area contributed by atoms with Crippen LogP contribution in [0, 0.1) is 0 Å². The lowest BCUT2D eigenvalue weighted by molar-refractivity contribution is -0.159. The fraction of sp³-hybridized carbons (Fsp3) is 0.857. The number of ether oxygens (including phenoxy) is 4. The molecule has 1 heterocycles. The van der Waals surface area contributed by atoms with E-state index in [1.807, 2.05) is 0 Å². The molecule has 1 fully saturated rings. The Bertz CT molecular complexity index is 722. The van der Waals surface area contributed by atoms with Crippen molar-refractivity contribution in [2.75, 3.05) is 54.4 Å². The summed E-state index contributed by atoms with van der Waals surface area (Å²) in [5.74, 6) is -1.63. The van der Waals surface area contributed by atoms with Crippen LogP contribution >= 0.6 is 0 Å². The molecule has 0 amide bonds. The molecule has 0 saturated carbocycles. The number of cyclic esters (lactones) is 4. The molecule has 12 nitrogen and oxygen atoms in total. The molecule has 0 radical (unpaired) electrons. The standard InChI is InChI=1S/C28H52N4O8/c1-17-13-29(9)22(6)26(34)38-19(3)15-31(11)24(8)28(36)40-20(4)16-32(12)23(7)27(35)39-18(2)14-30(10)21(5)25(33)37-17/h17-24H,13-16H2,1-12H3. The van der Waals surface area contributed by atoms with Crippen LogP contribution in [0.3, 0.4) is 0 Å². The molecule has 0 aromatic carbocycles. The normalized spacial score (nSPS) is 35.7. The Morgan fingerprint density at radius 3 is 0.700 bits per heavy atom. The second-order valence-electron chi connectivity index (χ2n) is 11.5. The molecule has 0 aromatic rings. The number of rotatable bonds is 0. The maximum absolute atomic E-state index is 12.8. The van der Waals surface area contributed by atoms with Crippen molar-refractivity contribution in [1.82, 2.24) is 19.6 Å². The van der Waals surface area contributed by atoms with Gasteiger partial charge in [-0.1, -0.05) is 0 Å². The Balaban J connectivity index is 3.07. The highest BCUT2D eigenvalue weighted by molar-refractivity contribution is 5.77. The van der Waals surface area contributed by atoms with Gasteiger partial charge >= 0.3 is 23.9 Å². The zero-order valence-corrected chi connectivity index (χ0v) is 26.5. The SMILES string of the molecule is CC1CN(C)C(C)C(=O)OC(C)CN(C)C(C)C(=O)OC(C)CN(C)C(C)C(=O)OC(C)CN(C)C(C)C(=O)O1. The Hall–Kier alpha value is -2.28. The average molecular weight is 573 g/mol. The first-order valence-corrected chi connectivity index (χ1v) is 14.1. The van der Waals surface area contributed by atoms with Crippen LogP contribution in [-0.4, -0.2) is 146 Å². The quantitative estimate of drug-likeness (QED) is 0.304. The van der Waals surface area contributed by atoms with E-state index in [0.717, 1.165) is 0 Å². The molecular weight excluding hydrogens is 520 g/mol. The van der Waals surface area contributed by atoms with Gasteiger partial charge in [-0.25, -0.2) is 0 Å². The fourth-order valence-corrected chi connectivity index (χ4v) is 4.31. The van der Waals surface area contributed by atoms with Crippen molar-refractivity contribution in [2.45, 2.75) is 104 Å². The molecule has 0 bridgehead atoms. The third kappa shape index (κ3) is 11.3. The van der Waals surface area contributed by atoms with Crippen LogP contribution < -0.4 is 0 Å². The second kappa shape index (κ2) is 16.2. The lowest BCUT2D eigenvalue weighted by Gasteiger charge is -2.32. The average Bonchev–Trinajstić information content (AvgIpc) is 2.85. The van der Waals surface area contributed by atoms with Crippen molar-refractivity contribution < 1.29 is 38.1 Å². The van der Waals surface area contributed by atoms with Crippen LogP contribution in [0.4, 0.5) is 0 Å². The Kier molecular flexibility index (Phi) is 14.5. The summed E-state index contributed by atoms with van der Waals surface area (Å²) in [5, 5.41) is 0. The van der Waals surface area contributed by atoms with E-state index in [-0.39, 0.29) is 0 Å². The predicted molar refractivity (Wildman–Crippen MR) is 151 cm³/mol. The third-order valence-electron chi connectivity index (χ3n) is 7.46. The van der Waals surface area contributed by atoms with Crippen molar-refractivity contribution in [1.29, 1.82) is 0 Å². The Morgan fingerprint density at radius 2 is 0.550 bits per heavy atom. The highest BCUT2D eigenvalue weighted by Gasteiger charge is 2.30. The summed E-state index contributed by atoms with van der Waals surface area (Å²) in [6, 6.07) is -2.29. The summed E-state index contributed by atoms with van der Waals surface area (Å²) >= 11 is 0. The van der Waals surface area contributed by atoms with E-state index in [0.29, 0.717) is 26.2 Å². The lowest BCUT2D eigenvalue weighted by Crippen LogP contribution is -2.48. The zero-order valence-electron chi connectivity index (χ0n) is 26.5. The molecule has 8 unspecified atom stereocenters. The molecule has 8 atom stereocenters. The molecule has 0 aliphatic carbocycles. The number of hydrogen-bond acceptors (Lipinski definition) is 12. The van der Waals surface area contributed by atoms with Crippen LogP contribution in [0.15, 0.2) is 0 Å². The van der Waals surface area contributed by atoms with Crippen molar-refractivity contribution >= 4 is 23.9 Å². The van der Waals surface area contributed by atoms with Crippen LogP contribution in [0.1, 0.15) is 55.4 Å². The van der Waals surface area contributed by atoms with Gasteiger partial charge < -0.3 is 18.9 Å². The smallest absolute Gasteiger partial charge is 0.323 e. The van der Waals surface area contributed by atoms with Gasteiger partial charge in [0.2, 0.25) is 0 Å². The predicted octanol–water partition coefficient (Wildman–Crippen LogP) is 1.01. The highest BCUT2D eigenvalue weighted by atomic mass is 16.6. The number of likely N-dealkylation sites (N-methyl/N-ethyl adjacent to an activating group) is 4. The Morgan fingerprint density at radius 1 is 0.400 bits per heavy atom. The third-order valence-corrected chi connectivity index (χ3v) is 7.46. The summed E-state index contributed by atoms with van der Waals surface area (Å²) in [4.78, 5) is 58.2. The summed E-state index contributed by atoms with van der Waals surface area (Å²) in [7, 11) is 7.06. The Labute approximate surface area is 240 Å². The molecular formula is C28H52N4O8. The van der Waals surface area contributed by atoms with Gasteiger partial charge in [0.25, 0.3) is 0 Å². The van der Waals surface area contributed by atoms with E-state index in [4.69, 9.17) is 18.9 Å². The maximum Gasteiger partial charge on any atom is 0.323 e.